The monoisotopic (exact) mass is 387 g/mol. The van der Waals surface area contributed by atoms with Gasteiger partial charge in [0.15, 0.2) is 0 Å². The smallest absolute Gasteiger partial charge is 0.134 e. The average Bonchev–Trinajstić information content (AvgIpc) is 2.67. The Morgan fingerprint density at radius 3 is 2.26 bits per heavy atom. The summed E-state index contributed by atoms with van der Waals surface area (Å²) in [6, 6.07) is 10.3. The van der Waals surface area contributed by atoms with Gasteiger partial charge in [0.25, 0.3) is 0 Å². The summed E-state index contributed by atoms with van der Waals surface area (Å²) >= 11 is 6.15. The molecule has 5 nitrogen and oxygen atoms in total. The maximum absolute atomic E-state index is 6.15. The number of anilines is 3. The van der Waals surface area contributed by atoms with E-state index in [1.807, 2.05) is 25.1 Å². The van der Waals surface area contributed by atoms with Crippen LogP contribution in [-0.4, -0.2) is 49.2 Å². The van der Waals surface area contributed by atoms with Crippen molar-refractivity contribution in [2.45, 2.75) is 33.6 Å². The van der Waals surface area contributed by atoms with Gasteiger partial charge in [-0.2, -0.15) is 0 Å². The zero-order valence-electron chi connectivity index (χ0n) is 16.7. The van der Waals surface area contributed by atoms with E-state index < -0.39 is 0 Å². The number of hydrogen-bond donors (Lipinski definition) is 0. The molecule has 2 heterocycles. The Morgan fingerprint density at radius 1 is 0.963 bits per heavy atom. The maximum Gasteiger partial charge on any atom is 0.134 e. The number of piperazine rings is 1. The fourth-order valence-corrected chi connectivity index (χ4v) is 3.79. The van der Waals surface area contributed by atoms with E-state index in [0.717, 1.165) is 74.6 Å². The first-order chi connectivity index (χ1) is 13.1. The zero-order chi connectivity index (χ0) is 19.2. The van der Waals surface area contributed by atoms with Crippen molar-refractivity contribution < 1.29 is 0 Å². The van der Waals surface area contributed by atoms with Gasteiger partial charge in [-0.05, 0) is 38.0 Å². The van der Waals surface area contributed by atoms with Crippen LogP contribution in [0.5, 0.6) is 0 Å². The highest BCUT2D eigenvalue weighted by Crippen LogP contribution is 2.24. The molecular weight excluding hydrogens is 358 g/mol. The lowest BCUT2D eigenvalue weighted by molar-refractivity contribution is 0.644. The molecule has 0 N–H and O–H groups in total. The molecule has 0 bridgehead atoms. The van der Waals surface area contributed by atoms with Crippen LogP contribution in [0.2, 0.25) is 5.02 Å². The molecule has 1 aromatic carbocycles. The van der Waals surface area contributed by atoms with E-state index in [2.05, 4.69) is 40.7 Å². The largest absolute Gasteiger partial charge is 0.368 e. The summed E-state index contributed by atoms with van der Waals surface area (Å²) in [5.41, 5.74) is 1.19. The van der Waals surface area contributed by atoms with Crippen molar-refractivity contribution in [3.8, 4) is 0 Å². The first-order valence-electron chi connectivity index (χ1n) is 9.96. The van der Waals surface area contributed by atoms with E-state index >= 15 is 0 Å². The second-order valence-corrected chi connectivity index (χ2v) is 7.51. The Bertz CT molecular complexity index is 737. The Kier molecular flexibility index (Phi) is 6.78. The lowest BCUT2D eigenvalue weighted by atomic mass is 10.2. The van der Waals surface area contributed by atoms with Gasteiger partial charge in [0, 0.05) is 56.0 Å². The molecular formula is C21H30ClN5. The van der Waals surface area contributed by atoms with Gasteiger partial charge in [-0.15, -0.1) is 0 Å². The van der Waals surface area contributed by atoms with Crippen molar-refractivity contribution in [2.24, 2.45) is 0 Å². The van der Waals surface area contributed by atoms with Gasteiger partial charge in [0.05, 0.1) is 0 Å². The van der Waals surface area contributed by atoms with Crippen LogP contribution in [0.3, 0.4) is 0 Å². The summed E-state index contributed by atoms with van der Waals surface area (Å²) in [4.78, 5) is 16.6. The average molecular weight is 388 g/mol. The second kappa shape index (κ2) is 9.27. The summed E-state index contributed by atoms with van der Waals surface area (Å²) in [6.45, 7) is 12.3. The van der Waals surface area contributed by atoms with Gasteiger partial charge in [0.1, 0.15) is 17.5 Å². The molecule has 0 unspecified atom stereocenters. The van der Waals surface area contributed by atoms with Crippen molar-refractivity contribution in [3.05, 3.63) is 41.2 Å². The Balaban J connectivity index is 1.72. The fraction of sp³-hybridized carbons (Fsp3) is 0.524. The van der Waals surface area contributed by atoms with Crippen molar-refractivity contribution in [1.82, 2.24) is 9.97 Å². The predicted molar refractivity (Wildman–Crippen MR) is 115 cm³/mol. The lowest BCUT2D eigenvalue weighted by Crippen LogP contribution is -2.47. The van der Waals surface area contributed by atoms with Crippen molar-refractivity contribution in [2.75, 3.05) is 54.0 Å². The highest BCUT2D eigenvalue weighted by atomic mass is 35.5. The normalized spacial score (nSPS) is 14.5. The van der Waals surface area contributed by atoms with Gasteiger partial charge < -0.3 is 14.7 Å². The molecule has 0 aliphatic carbocycles. The molecule has 1 aliphatic rings. The van der Waals surface area contributed by atoms with Crippen LogP contribution in [-0.2, 0) is 0 Å². The molecule has 0 saturated carbocycles. The van der Waals surface area contributed by atoms with Gasteiger partial charge in [-0.25, -0.2) is 9.97 Å². The first-order valence-corrected chi connectivity index (χ1v) is 10.3. The molecule has 27 heavy (non-hydrogen) atoms. The Hall–Kier alpha value is -2.01. The first kappa shape index (κ1) is 19.7. The van der Waals surface area contributed by atoms with Crippen LogP contribution in [0.15, 0.2) is 30.3 Å². The standard InChI is InChI=1S/C21H30ClN5/c1-4-9-26(10-5-2)20-16-21(24-17(3)23-20)27-13-11-25(12-14-27)19-8-6-7-18(22)15-19/h6-8,15-16H,4-5,9-14H2,1-3H3. The zero-order valence-corrected chi connectivity index (χ0v) is 17.4. The van der Waals surface area contributed by atoms with E-state index in [1.54, 1.807) is 0 Å². The van der Waals surface area contributed by atoms with Gasteiger partial charge in [-0.1, -0.05) is 31.5 Å². The van der Waals surface area contributed by atoms with Gasteiger partial charge >= 0.3 is 0 Å². The maximum atomic E-state index is 6.15. The molecule has 0 spiro atoms. The Morgan fingerprint density at radius 2 is 1.63 bits per heavy atom. The van der Waals surface area contributed by atoms with Crippen LogP contribution >= 0.6 is 11.6 Å². The fourth-order valence-electron chi connectivity index (χ4n) is 3.61. The SMILES string of the molecule is CCCN(CCC)c1cc(N2CCN(c3cccc(Cl)c3)CC2)nc(C)n1. The number of aromatic nitrogens is 2. The minimum Gasteiger partial charge on any atom is -0.368 e. The highest BCUT2D eigenvalue weighted by molar-refractivity contribution is 6.30. The predicted octanol–water partition coefficient (Wildman–Crippen LogP) is 4.39. The molecule has 3 rings (SSSR count). The van der Waals surface area contributed by atoms with Crippen LogP contribution in [0, 0.1) is 6.92 Å². The number of hydrogen-bond acceptors (Lipinski definition) is 5. The number of rotatable bonds is 7. The minimum atomic E-state index is 0.790. The molecule has 6 heteroatoms. The summed E-state index contributed by atoms with van der Waals surface area (Å²) in [7, 11) is 0. The quantitative estimate of drug-likeness (QED) is 0.704. The summed E-state index contributed by atoms with van der Waals surface area (Å²) in [6.07, 6.45) is 2.24. The molecule has 1 fully saturated rings. The molecule has 1 aromatic heterocycles. The van der Waals surface area contributed by atoms with Gasteiger partial charge in [0.2, 0.25) is 0 Å². The third kappa shape index (κ3) is 5.04. The van der Waals surface area contributed by atoms with Crippen LogP contribution in [0.25, 0.3) is 0 Å². The van der Waals surface area contributed by atoms with E-state index in [0.29, 0.717) is 0 Å². The molecule has 0 atom stereocenters. The van der Waals surface area contributed by atoms with Crippen molar-refractivity contribution >= 4 is 28.9 Å². The topological polar surface area (TPSA) is 35.5 Å². The van der Waals surface area contributed by atoms with Crippen LogP contribution < -0.4 is 14.7 Å². The van der Waals surface area contributed by atoms with E-state index in [4.69, 9.17) is 21.6 Å². The molecule has 146 valence electrons. The van der Waals surface area contributed by atoms with Crippen LogP contribution in [0.4, 0.5) is 17.3 Å². The third-order valence-electron chi connectivity index (χ3n) is 4.90. The van der Waals surface area contributed by atoms with Gasteiger partial charge in [-0.3, -0.25) is 0 Å². The lowest BCUT2D eigenvalue weighted by Gasteiger charge is -2.37. The molecule has 2 aromatic rings. The minimum absolute atomic E-state index is 0.790. The molecule has 1 saturated heterocycles. The summed E-state index contributed by atoms with van der Waals surface area (Å²) in [5.74, 6) is 2.94. The summed E-state index contributed by atoms with van der Waals surface area (Å²) < 4.78 is 0. The van der Waals surface area contributed by atoms with E-state index in [-0.39, 0.29) is 0 Å². The molecule has 0 radical (unpaired) electrons. The number of nitrogens with zero attached hydrogens (tertiary/aromatic N) is 5. The third-order valence-corrected chi connectivity index (χ3v) is 5.13. The van der Waals surface area contributed by atoms with E-state index in [1.165, 1.54) is 5.69 Å². The molecule has 1 aliphatic heterocycles. The number of benzene rings is 1. The second-order valence-electron chi connectivity index (χ2n) is 7.07. The molecule has 0 amide bonds. The highest BCUT2D eigenvalue weighted by Gasteiger charge is 2.20. The number of aryl methyl sites for hydroxylation is 1. The van der Waals surface area contributed by atoms with Crippen LogP contribution in [0.1, 0.15) is 32.5 Å². The van der Waals surface area contributed by atoms with Crippen molar-refractivity contribution in [1.29, 1.82) is 0 Å². The van der Waals surface area contributed by atoms with E-state index in [9.17, 15) is 0 Å². The van der Waals surface area contributed by atoms with Crippen molar-refractivity contribution in [3.63, 3.8) is 0 Å². The number of halogens is 1. The Labute approximate surface area is 168 Å². The summed E-state index contributed by atoms with van der Waals surface area (Å²) in [5, 5.41) is 0.790.